The molecule has 1 aliphatic rings. The second-order valence-corrected chi connectivity index (χ2v) is 8.58. The van der Waals surface area contributed by atoms with E-state index < -0.39 is 0 Å². The molecule has 31 heavy (non-hydrogen) atoms. The lowest BCUT2D eigenvalue weighted by atomic mass is 10.0. The fourth-order valence-electron chi connectivity index (χ4n) is 4.00. The maximum absolute atomic E-state index is 13.2. The number of piperazine rings is 1. The Hall–Kier alpha value is -2.73. The number of carbonyl (C=O) groups is 2. The minimum Gasteiger partial charge on any atom is -0.483 e. The lowest BCUT2D eigenvalue weighted by molar-refractivity contribution is -0.139. The van der Waals surface area contributed by atoms with E-state index in [9.17, 15) is 14.0 Å². The van der Waals surface area contributed by atoms with Crippen molar-refractivity contribution in [3.8, 4) is 5.75 Å². The first-order valence-electron chi connectivity index (χ1n) is 10.7. The molecule has 3 rings (SSSR count). The summed E-state index contributed by atoms with van der Waals surface area (Å²) in [6.07, 6.45) is 0. The minimum atomic E-state index is -0.239. The Morgan fingerprint density at radius 3 is 2.32 bits per heavy atom. The molecule has 0 bridgehead atoms. The number of ketones is 1. The molecule has 1 heterocycles. The Kier molecular flexibility index (Phi) is 7.11. The van der Waals surface area contributed by atoms with Gasteiger partial charge < -0.3 is 9.64 Å². The summed E-state index contributed by atoms with van der Waals surface area (Å²) < 4.78 is 19.0. The number of Topliss-reactive ketones (excluding diaryl/α,β-unsaturated/α-hetero) is 1. The molecule has 1 saturated heterocycles. The molecule has 2 atom stereocenters. The first-order chi connectivity index (χ1) is 14.7. The van der Waals surface area contributed by atoms with E-state index in [1.165, 1.54) is 19.1 Å². The maximum atomic E-state index is 13.2. The highest BCUT2D eigenvalue weighted by Crippen LogP contribution is 2.25. The molecule has 1 amide bonds. The van der Waals surface area contributed by atoms with Gasteiger partial charge in [-0.3, -0.25) is 14.5 Å². The number of rotatable bonds is 6. The molecule has 0 N–H and O–H groups in total. The van der Waals surface area contributed by atoms with Gasteiger partial charge in [-0.2, -0.15) is 0 Å². The third-order valence-electron chi connectivity index (χ3n) is 6.06. The molecule has 0 aliphatic carbocycles. The SMILES string of the molecule is CC(=O)c1cc(C)c(C)cc1OCC(=O)N1C[C@H](C)N(Cc2ccc(F)cc2)C[C@H]1C. The van der Waals surface area contributed by atoms with Gasteiger partial charge in [-0.25, -0.2) is 4.39 Å². The van der Waals surface area contributed by atoms with Gasteiger partial charge in [0.05, 0.1) is 5.56 Å². The van der Waals surface area contributed by atoms with Gasteiger partial charge in [0.1, 0.15) is 11.6 Å². The lowest BCUT2D eigenvalue weighted by Gasteiger charge is -2.44. The highest BCUT2D eigenvalue weighted by Gasteiger charge is 2.32. The molecule has 1 fully saturated rings. The zero-order valence-corrected chi connectivity index (χ0v) is 18.9. The lowest BCUT2D eigenvalue weighted by Crippen LogP contribution is -2.58. The van der Waals surface area contributed by atoms with Crippen molar-refractivity contribution in [2.75, 3.05) is 19.7 Å². The van der Waals surface area contributed by atoms with Gasteiger partial charge in [0, 0.05) is 31.7 Å². The van der Waals surface area contributed by atoms with Crippen LogP contribution in [0.25, 0.3) is 0 Å². The molecule has 0 spiro atoms. The predicted molar refractivity (Wildman–Crippen MR) is 119 cm³/mol. The fraction of sp³-hybridized carbons (Fsp3) is 0.440. The number of carbonyl (C=O) groups excluding carboxylic acids is 2. The summed E-state index contributed by atoms with van der Waals surface area (Å²) in [6.45, 7) is 11.5. The fourth-order valence-corrected chi connectivity index (χ4v) is 4.00. The molecule has 2 aromatic rings. The molecule has 5 nitrogen and oxygen atoms in total. The molecule has 0 unspecified atom stereocenters. The van der Waals surface area contributed by atoms with Gasteiger partial charge in [-0.1, -0.05) is 12.1 Å². The summed E-state index contributed by atoms with van der Waals surface area (Å²) >= 11 is 0. The number of amides is 1. The normalized spacial score (nSPS) is 19.4. The first kappa shape index (κ1) is 22.9. The summed E-state index contributed by atoms with van der Waals surface area (Å²) in [5, 5.41) is 0. The van der Waals surface area contributed by atoms with Crippen molar-refractivity contribution in [3.05, 3.63) is 64.5 Å². The number of hydrogen-bond acceptors (Lipinski definition) is 4. The molecule has 166 valence electrons. The molecular weight excluding hydrogens is 395 g/mol. The van der Waals surface area contributed by atoms with Gasteiger partial charge in [-0.15, -0.1) is 0 Å². The van der Waals surface area contributed by atoms with Crippen LogP contribution in [0.5, 0.6) is 5.75 Å². The Bertz CT molecular complexity index is 958. The molecular formula is C25H31FN2O3. The van der Waals surface area contributed by atoms with E-state index in [1.807, 2.05) is 37.8 Å². The van der Waals surface area contributed by atoms with E-state index in [2.05, 4.69) is 11.8 Å². The number of ether oxygens (including phenoxy) is 1. The van der Waals surface area contributed by atoms with E-state index in [0.717, 1.165) is 29.8 Å². The van der Waals surface area contributed by atoms with Crippen molar-refractivity contribution < 1.29 is 18.7 Å². The predicted octanol–water partition coefficient (Wildman–Crippen LogP) is 4.15. The van der Waals surface area contributed by atoms with E-state index in [1.54, 1.807) is 12.1 Å². The Morgan fingerprint density at radius 2 is 1.68 bits per heavy atom. The zero-order chi connectivity index (χ0) is 22.7. The van der Waals surface area contributed by atoms with Crippen LogP contribution in [-0.4, -0.2) is 53.3 Å². The third kappa shape index (κ3) is 5.50. The first-order valence-corrected chi connectivity index (χ1v) is 10.7. The van der Waals surface area contributed by atoms with Gasteiger partial charge in [-0.05, 0) is 75.6 Å². The third-order valence-corrected chi connectivity index (χ3v) is 6.06. The number of benzene rings is 2. The van der Waals surface area contributed by atoms with Gasteiger partial charge in [0.15, 0.2) is 12.4 Å². The van der Waals surface area contributed by atoms with Crippen LogP contribution in [0.2, 0.25) is 0 Å². The average Bonchev–Trinajstić information content (AvgIpc) is 2.72. The number of hydrogen-bond donors (Lipinski definition) is 0. The molecule has 2 aromatic carbocycles. The van der Waals surface area contributed by atoms with Gasteiger partial charge in [0.25, 0.3) is 5.91 Å². The van der Waals surface area contributed by atoms with Crippen molar-refractivity contribution in [1.29, 1.82) is 0 Å². The van der Waals surface area contributed by atoms with Crippen LogP contribution in [0, 0.1) is 19.7 Å². The van der Waals surface area contributed by atoms with Crippen molar-refractivity contribution >= 4 is 11.7 Å². The highest BCUT2D eigenvalue weighted by atomic mass is 19.1. The van der Waals surface area contributed by atoms with Crippen LogP contribution in [0.1, 0.15) is 47.8 Å². The van der Waals surface area contributed by atoms with Gasteiger partial charge in [0.2, 0.25) is 0 Å². The quantitative estimate of drug-likeness (QED) is 0.652. The molecule has 1 aliphatic heterocycles. The number of aryl methyl sites for hydroxylation is 2. The molecule has 0 aromatic heterocycles. The second-order valence-electron chi connectivity index (χ2n) is 8.58. The summed E-state index contributed by atoms with van der Waals surface area (Å²) in [7, 11) is 0. The van der Waals surface area contributed by atoms with E-state index >= 15 is 0 Å². The largest absolute Gasteiger partial charge is 0.483 e. The van der Waals surface area contributed by atoms with Crippen molar-refractivity contribution in [3.63, 3.8) is 0 Å². The summed E-state index contributed by atoms with van der Waals surface area (Å²) in [5.41, 5.74) is 3.59. The highest BCUT2D eigenvalue weighted by molar-refractivity contribution is 5.97. The second kappa shape index (κ2) is 9.60. The summed E-state index contributed by atoms with van der Waals surface area (Å²) in [6, 6.07) is 10.4. The van der Waals surface area contributed by atoms with Crippen LogP contribution >= 0.6 is 0 Å². The number of nitrogens with zero attached hydrogens (tertiary/aromatic N) is 2. The maximum Gasteiger partial charge on any atom is 0.260 e. The molecule has 0 saturated carbocycles. The zero-order valence-electron chi connectivity index (χ0n) is 18.9. The topological polar surface area (TPSA) is 49.9 Å². The van der Waals surface area contributed by atoms with Crippen LogP contribution in [-0.2, 0) is 11.3 Å². The van der Waals surface area contributed by atoms with Crippen molar-refractivity contribution in [2.24, 2.45) is 0 Å². The Balaban J connectivity index is 1.62. The standard InChI is InChI=1S/C25H31FN2O3/c1-16-10-23(20(5)29)24(11-17(16)2)31-15-25(30)28-13-18(3)27(12-19(28)4)14-21-6-8-22(26)9-7-21/h6-11,18-19H,12-15H2,1-5H3/t18-,19+/m0/s1. The Morgan fingerprint density at radius 1 is 1.03 bits per heavy atom. The van der Waals surface area contributed by atoms with Crippen LogP contribution in [0.4, 0.5) is 4.39 Å². The van der Waals surface area contributed by atoms with Crippen molar-refractivity contribution in [2.45, 2.75) is 53.2 Å². The average molecular weight is 427 g/mol. The monoisotopic (exact) mass is 426 g/mol. The molecule has 0 radical (unpaired) electrons. The summed E-state index contributed by atoms with van der Waals surface area (Å²) in [4.78, 5) is 29.0. The number of halogens is 1. The smallest absolute Gasteiger partial charge is 0.260 e. The molecule has 6 heteroatoms. The minimum absolute atomic E-state index is 0.0276. The Labute approximate surface area is 183 Å². The van der Waals surface area contributed by atoms with Crippen LogP contribution in [0.3, 0.4) is 0 Å². The van der Waals surface area contributed by atoms with E-state index in [-0.39, 0.29) is 36.2 Å². The van der Waals surface area contributed by atoms with Crippen LogP contribution < -0.4 is 4.74 Å². The van der Waals surface area contributed by atoms with E-state index in [0.29, 0.717) is 17.9 Å². The van der Waals surface area contributed by atoms with Crippen molar-refractivity contribution in [1.82, 2.24) is 9.80 Å². The van der Waals surface area contributed by atoms with Crippen LogP contribution in [0.15, 0.2) is 36.4 Å². The van der Waals surface area contributed by atoms with E-state index in [4.69, 9.17) is 4.74 Å². The summed E-state index contributed by atoms with van der Waals surface area (Å²) in [5.74, 6) is 0.0485. The van der Waals surface area contributed by atoms with Gasteiger partial charge >= 0.3 is 0 Å².